The number of sulfonamides is 1. The van der Waals surface area contributed by atoms with Crippen LogP contribution in [0.2, 0.25) is 0 Å². The average Bonchev–Trinajstić information content (AvgIpc) is 3.71. The van der Waals surface area contributed by atoms with Crippen LogP contribution in [-0.2, 0) is 23.2 Å². The van der Waals surface area contributed by atoms with E-state index in [1.807, 2.05) is 48.5 Å². The van der Waals surface area contributed by atoms with Gasteiger partial charge < -0.3 is 19.6 Å². The molecule has 0 unspecified atom stereocenters. The third-order valence-corrected chi connectivity index (χ3v) is 9.79. The van der Waals surface area contributed by atoms with Crippen molar-refractivity contribution in [2.24, 2.45) is 0 Å². The van der Waals surface area contributed by atoms with Crippen molar-refractivity contribution < 1.29 is 31.9 Å². The van der Waals surface area contributed by atoms with E-state index in [0.717, 1.165) is 16.1 Å². The van der Waals surface area contributed by atoms with E-state index in [1.54, 1.807) is 28.9 Å². The highest BCUT2D eigenvalue weighted by atomic mass is 32.2. The summed E-state index contributed by atoms with van der Waals surface area (Å²) in [6.45, 7) is -0.112. The van der Waals surface area contributed by atoms with Crippen LogP contribution in [0.4, 0.5) is 10.1 Å². The molecule has 11 nitrogen and oxygen atoms in total. The third-order valence-electron chi connectivity index (χ3n) is 8.60. The number of aliphatic hydroxyl groups is 1. The molecule has 0 fully saturated rings. The molecule has 0 bridgehead atoms. The van der Waals surface area contributed by atoms with Crippen molar-refractivity contribution in [1.29, 1.82) is 0 Å². The first kappa shape index (κ1) is 33.4. The smallest absolute Gasteiger partial charge is 0.255 e. The SMILES string of the molecule is CNC(=O)c1c(-c2ccc(F)cc2)oc2cc(N(C)S(C)(=O)=O)c(-c3ccc(OCc4ccccc4)c(-c4nn5ccccc5c4CO)n3)cc12. The minimum absolute atomic E-state index is 0.180. The summed E-state index contributed by atoms with van der Waals surface area (Å²) in [4.78, 5) is 18.4. The van der Waals surface area contributed by atoms with Crippen LogP contribution in [-0.4, -0.2) is 54.4 Å². The van der Waals surface area contributed by atoms with E-state index in [2.05, 4.69) is 5.32 Å². The number of hydrogen-bond donors (Lipinski definition) is 2. The van der Waals surface area contributed by atoms with Crippen LogP contribution in [0.5, 0.6) is 5.75 Å². The summed E-state index contributed by atoms with van der Waals surface area (Å²) in [5.74, 6) is -0.347. The minimum atomic E-state index is -3.80. The van der Waals surface area contributed by atoms with E-state index in [4.69, 9.17) is 19.2 Å². The second-order valence-corrected chi connectivity index (χ2v) is 13.8. The molecule has 258 valence electrons. The summed E-state index contributed by atoms with van der Waals surface area (Å²) in [5.41, 5.74) is 4.59. The number of amides is 1. The molecule has 0 spiro atoms. The maximum absolute atomic E-state index is 13.8. The Labute approximate surface area is 292 Å². The number of rotatable bonds is 10. The Balaban J connectivity index is 1.49. The van der Waals surface area contributed by atoms with Crippen molar-refractivity contribution in [3.05, 3.63) is 126 Å². The Bertz CT molecular complexity index is 2530. The first-order valence-electron chi connectivity index (χ1n) is 15.9. The average molecular weight is 706 g/mol. The van der Waals surface area contributed by atoms with E-state index in [9.17, 15) is 22.7 Å². The van der Waals surface area contributed by atoms with Crippen molar-refractivity contribution in [2.45, 2.75) is 13.2 Å². The first-order valence-corrected chi connectivity index (χ1v) is 17.7. The molecule has 4 aromatic heterocycles. The third kappa shape index (κ3) is 6.28. The molecule has 1 amide bonds. The molecular weight excluding hydrogens is 674 g/mol. The number of carbonyl (C=O) groups excluding carboxylic acids is 1. The summed E-state index contributed by atoms with van der Waals surface area (Å²) in [5, 5.41) is 18.3. The Morgan fingerprint density at radius 2 is 1.75 bits per heavy atom. The predicted molar refractivity (Wildman–Crippen MR) is 192 cm³/mol. The van der Waals surface area contributed by atoms with Gasteiger partial charge in [-0.15, -0.1) is 0 Å². The molecule has 0 aliphatic heterocycles. The van der Waals surface area contributed by atoms with Gasteiger partial charge in [0.2, 0.25) is 10.0 Å². The van der Waals surface area contributed by atoms with Gasteiger partial charge >= 0.3 is 0 Å². The number of benzene rings is 3. The molecule has 2 N–H and O–H groups in total. The zero-order valence-electron chi connectivity index (χ0n) is 27.8. The number of carbonyl (C=O) groups is 1. The van der Waals surface area contributed by atoms with Gasteiger partial charge in [0.25, 0.3) is 5.91 Å². The number of nitrogens with zero attached hydrogens (tertiary/aromatic N) is 4. The molecule has 0 saturated carbocycles. The Hall–Kier alpha value is -6.05. The number of furan rings is 1. The topological polar surface area (TPSA) is 139 Å². The fourth-order valence-electron chi connectivity index (χ4n) is 5.95. The summed E-state index contributed by atoms with van der Waals surface area (Å²) in [6.07, 6.45) is 2.84. The lowest BCUT2D eigenvalue weighted by Gasteiger charge is -2.21. The molecule has 4 heterocycles. The lowest BCUT2D eigenvalue weighted by Crippen LogP contribution is -2.25. The number of aromatic nitrogens is 3. The van der Waals surface area contributed by atoms with Crippen molar-refractivity contribution in [3.63, 3.8) is 0 Å². The molecule has 0 aliphatic rings. The summed E-state index contributed by atoms with van der Waals surface area (Å²) < 4.78 is 55.1. The lowest BCUT2D eigenvalue weighted by atomic mass is 10.00. The molecule has 0 atom stereocenters. The molecule has 7 rings (SSSR count). The van der Waals surface area contributed by atoms with Crippen LogP contribution >= 0.6 is 0 Å². The number of nitrogens with one attached hydrogen (secondary N) is 1. The summed E-state index contributed by atoms with van der Waals surface area (Å²) in [7, 11) is -0.910. The van der Waals surface area contributed by atoms with Gasteiger partial charge in [-0.25, -0.2) is 22.3 Å². The number of fused-ring (bicyclic) bond motifs is 2. The van der Waals surface area contributed by atoms with E-state index < -0.39 is 21.7 Å². The van der Waals surface area contributed by atoms with Gasteiger partial charge in [0, 0.05) is 48.4 Å². The van der Waals surface area contributed by atoms with Crippen LogP contribution < -0.4 is 14.4 Å². The van der Waals surface area contributed by atoms with Crippen molar-refractivity contribution in [3.8, 4) is 39.7 Å². The zero-order chi connectivity index (χ0) is 35.9. The van der Waals surface area contributed by atoms with Crippen LogP contribution in [0.3, 0.4) is 0 Å². The van der Waals surface area contributed by atoms with Crippen LogP contribution in [0, 0.1) is 5.82 Å². The Morgan fingerprint density at radius 3 is 2.45 bits per heavy atom. The van der Waals surface area contributed by atoms with Gasteiger partial charge in [-0.05, 0) is 60.2 Å². The molecule has 3 aromatic carbocycles. The van der Waals surface area contributed by atoms with Gasteiger partial charge in [0.15, 0.2) is 0 Å². The number of halogens is 1. The molecule has 7 aromatic rings. The largest absolute Gasteiger partial charge is 0.487 e. The fraction of sp³-hybridized carbons (Fsp3) is 0.132. The lowest BCUT2D eigenvalue weighted by molar-refractivity contribution is 0.0964. The van der Waals surface area contributed by atoms with E-state index in [-0.39, 0.29) is 35.8 Å². The molecule has 51 heavy (non-hydrogen) atoms. The highest BCUT2D eigenvalue weighted by Gasteiger charge is 2.27. The summed E-state index contributed by atoms with van der Waals surface area (Å²) >= 11 is 0. The van der Waals surface area contributed by atoms with E-state index >= 15 is 0 Å². The maximum atomic E-state index is 13.8. The second-order valence-electron chi connectivity index (χ2n) is 11.8. The van der Waals surface area contributed by atoms with Crippen molar-refractivity contribution >= 4 is 38.1 Å². The number of hydrogen-bond acceptors (Lipinski definition) is 8. The number of pyridine rings is 2. The quantitative estimate of drug-likeness (QED) is 0.166. The van der Waals surface area contributed by atoms with Crippen molar-refractivity contribution in [2.75, 3.05) is 24.7 Å². The van der Waals surface area contributed by atoms with Gasteiger partial charge in [0.05, 0.1) is 35.3 Å². The Kier molecular flexibility index (Phi) is 8.75. The second kappa shape index (κ2) is 13.3. The van der Waals surface area contributed by atoms with E-state index in [0.29, 0.717) is 50.4 Å². The Morgan fingerprint density at radius 1 is 1.00 bits per heavy atom. The van der Waals surface area contributed by atoms with Gasteiger partial charge in [-0.3, -0.25) is 9.10 Å². The van der Waals surface area contributed by atoms with Crippen LogP contribution in [0.1, 0.15) is 21.5 Å². The van der Waals surface area contributed by atoms with Crippen LogP contribution in [0.25, 0.3) is 50.5 Å². The van der Waals surface area contributed by atoms with Gasteiger partial charge in [0.1, 0.15) is 40.9 Å². The summed E-state index contributed by atoms with van der Waals surface area (Å²) in [6, 6.07) is 27.2. The van der Waals surface area contributed by atoms with Gasteiger partial charge in [-0.2, -0.15) is 5.10 Å². The highest BCUT2D eigenvalue weighted by Crippen LogP contribution is 2.42. The van der Waals surface area contributed by atoms with Gasteiger partial charge in [-0.1, -0.05) is 36.4 Å². The number of aliphatic hydroxyl groups excluding tert-OH is 1. The van der Waals surface area contributed by atoms with E-state index in [1.165, 1.54) is 44.4 Å². The van der Waals surface area contributed by atoms with Crippen molar-refractivity contribution in [1.82, 2.24) is 19.9 Å². The molecule has 0 saturated heterocycles. The number of ether oxygens (including phenoxy) is 1. The predicted octanol–water partition coefficient (Wildman–Crippen LogP) is 6.44. The molecule has 0 radical (unpaired) electrons. The molecule has 0 aliphatic carbocycles. The monoisotopic (exact) mass is 705 g/mol. The highest BCUT2D eigenvalue weighted by molar-refractivity contribution is 7.92. The minimum Gasteiger partial charge on any atom is -0.487 e. The molecular formula is C38H32FN5O6S. The zero-order valence-corrected chi connectivity index (χ0v) is 28.6. The number of anilines is 1. The first-order chi connectivity index (χ1) is 24.6. The standard InChI is InChI=1S/C38H32FN5O6S/c1-40-38(46)34-27-19-26(31(43(2)51(3,47)48)20-33(27)50-37(34)24-12-14-25(39)15-13-24)29-16-17-32(49-22-23-9-5-4-6-10-23)36(41-29)35-28(21-45)30-11-7-8-18-44(30)42-35/h4-20,45H,21-22H2,1-3H3,(H,40,46). The fourth-order valence-corrected chi connectivity index (χ4v) is 6.45. The van der Waals surface area contributed by atoms with Crippen LogP contribution in [0.15, 0.2) is 108 Å². The molecule has 13 heteroatoms. The maximum Gasteiger partial charge on any atom is 0.255 e. The normalized spacial score (nSPS) is 11.6.